The molecule has 1 aliphatic rings. The second-order valence-corrected chi connectivity index (χ2v) is 5.60. The lowest BCUT2D eigenvalue weighted by atomic mass is 9.84. The van der Waals surface area contributed by atoms with Crippen LogP contribution in [-0.4, -0.2) is 29.0 Å². The van der Waals surface area contributed by atoms with Gasteiger partial charge in [-0.3, -0.25) is 4.79 Å². The maximum Gasteiger partial charge on any atom is 0.417 e. The molecule has 0 radical (unpaired) electrons. The van der Waals surface area contributed by atoms with Crippen molar-refractivity contribution in [1.82, 2.24) is 4.90 Å². The number of hydrogen-bond acceptors (Lipinski definition) is 3. The van der Waals surface area contributed by atoms with Gasteiger partial charge >= 0.3 is 6.09 Å². The van der Waals surface area contributed by atoms with Crippen LogP contribution in [0.1, 0.15) is 53.4 Å². The quantitative estimate of drug-likeness (QED) is 0.763. The molecule has 2 amide bonds. The van der Waals surface area contributed by atoms with Gasteiger partial charge in [0, 0.05) is 12.5 Å². The first-order valence-corrected chi connectivity index (χ1v) is 6.39. The van der Waals surface area contributed by atoms with Crippen LogP contribution in [0.2, 0.25) is 0 Å². The highest BCUT2D eigenvalue weighted by Gasteiger charge is 2.34. The summed E-state index contributed by atoms with van der Waals surface area (Å²) in [5, 5.41) is 0. The summed E-state index contributed by atoms with van der Waals surface area (Å²) in [5.74, 6) is -0.0265. The zero-order chi connectivity index (χ0) is 13.1. The molecule has 0 aromatic carbocycles. The van der Waals surface area contributed by atoms with Crippen LogP contribution in [0, 0.1) is 5.92 Å². The molecule has 1 rings (SSSR count). The fraction of sp³-hybridized carbons (Fsp3) is 0.846. The van der Waals surface area contributed by atoms with Crippen molar-refractivity contribution in [2.75, 3.05) is 6.54 Å². The van der Waals surface area contributed by atoms with Crippen molar-refractivity contribution in [3.63, 3.8) is 0 Å². The van der Waals surface area contributed by atoms with Gasteiger partial charge in [-0.1, -0.05) is 13.3 Å². The summed E-state index contributed by atoms with van der Waals surface area (Å²) < 4.78 is 5.26. The van der Waals surface area contributed by atoms with Crippen molar-refractivity contribution in [2.45, 2.75) is 59.0 Å². The molecule has 0 unspecified atom stereocenters. The van der Waals surface area contributed by atoms with E-state index in [1.807, 2.05) is 27.7 Å². The van der Waals surface area contributed by atoms with Crippen LogP contribution in [0.25, 0.3) is 0 Å². The van der Waals surface area contributed by atoms with Gasteiger partial charge in [0.05, 0.1) is 0 Å². The number of carbonyl (C=O) groups excluding carboxylic acids is 2. The molecule has 0 atom stereocenters. The van der Waals surface area contributed by atoms with E-state index in [0.29, 0.717) is 6.54 Å². The molecule has 0 aromatic heterocycles. The van der Waals surface area contributed by atoms with Gasteiger partial charge in [-0.25, -0.2) is 9.69 Å². The van der Waals surface area contributed by atoms with Gasteiger partial charge in [-0.2, -0.15) is 0 Å². The molecular formula is C13H23NO3. The lowest BCUT2D eigenvalue weighted by Crippen LogP contribution is -2.45. The molecule has 1 aliphatic carbocycles. The Morgan fingerprint density at radius 1 is 1.29 bits per heavy atom. The molecule has 0 heterocycles. The standard InChI is InChI=1S/C13H23NO3/c1-5-9-14(11(15)10-7-6-8-10)12(16)17-13(2,3)4/h10H,5-9H2,1-4H3. The van der Waals surface area contributed by atoms with Crippen LogP contribution in [0.4, 0.5) is 4.79 Å². The summed E-state index contributed by atoms with van der Waals surface area (Å²) >= 11 is 0. The predicted octanol–water partition coefficient (Wildman–Crippen LogP) is 2.96. The summed E-state index contributed by atoms with van der Waals surface area (Å²) in [7, 11) is 0. The zero-order valence-electron chi connectivity index (χ0n) is 11.3. The number of rotatable bonds is 3. The van der Waals surface area contributed by atoms with Crippen LogP contribution in [0.5, 0.6) is 0 Å². The van der Waals surface area contributed by atoms with Crippen LogP contribution in [0.15, 0.2) is 0 Å². The second kappa shape index (κ2) is 5.52. The molecule has 4 nitrogen and oxygen atoms in total. The molecule has 0 N–H and O–H groups in total. The molecule has 0 aliphatic heterocycles. The fourth-order valence-electron chi connectivity index (χ4n) is 1.71. The summed E-state index contributed by atoms with van der Waals surface area (Å²) in [4.78, 5) is 25.3. The van der Waals surface area contributed by atoms with Crippen molar-refractivity contribution < 1.29 is 14.3 Å². The van der Waals surface area contributed by atoms with Gasteiger partial charge in [0.25, 0.3) is 0 Å². The first kappa shape index (κ1) is 14.0. The predicted molar refractivity (Wildman–Crippen MR) is 65.6 cm³/mol. The van der Waals surface area contributed by atoms with E-state index in [-0.39, 0.29) is 11.8 Å². The Labute approximate surface area is 103 Å². The molecule has 4 heteroatoms. The Balaban J connectivity index is 2.63. The Kier molecular flexibility index (Phi) is 4.54. The molecule has 98 valence electrons. The fourth-order valence-corrected chi connectivity index (χ4v) is 1.71. The van der Waals surface area contributed by atoms with E-state index in [2.05, 4.69) is 0 Å². The molecule has 0 saturated heterocycles. The van der Waals surface area contributed by atoms with Crippen molar-refractivity contribution in [3.8, 4) is 0 Å². The van der Waals surface area contributed by atoms with E-state index in [0.717, 1.165) is 25.7 Å². The van der Waals surface area contributed by atoms with Gasteiger partial charge in [0.15, 0.2) is 0 Å². The minimum atomic E-state index is -0.553. The van der Waals surface area contributed by atoms with E-state index in [9.17, 15) is 9.59 Å². The van der Waals surface area contributed by atoms with Crippen molar-refractivity contribution in [2.24, 2.45) is 5.92 Å². The lowest BCUT2D eigenvalue weighted by Gasteiger charge is -2.31. The second-order valence-electron chi connectivity index (χ2n) is 5.60. The van der Waals surface area contributed by atoms with Crippen molar-refractivity contribution in [3.05, 3.63) is 0 Å². The minimum absolute atomic E-state index is 0.0362. The summed E-state index contributed by atoms with van der Waals surface area (Å²) in [6.45, 7) is 7.82. The van der Waals surface area contributed by atoms with Gasteiger partial charge in [-0.15, -0.1) is 0 Å². The topological polar surface area (TPSA) is 46.6 Å². The first-order chi connectivity index (χ1) is 7.85. The van der Waals surface area contributed by atoms with Crippen molar-refractivity contribution in [1.29, 1.82) is 0 Å². The lowest BCUT2D eigenvalue weighted by molar-refractivity contribution is -0.137. The maximum absolute atomic E-state index is 12.1. The number of nitrogens with zero attached hydrogens (tertiary/aromatic N) is 1. The molecule has 1 fully saturated rings. The number of hydrogen-bond donors (Lipinski definition) is 0. The largest absolute Gasteiger partial charge is 0.443 e. The number of amides is 2. The Morgan fingerprint density at radius 2 is 1.88 bits per heavy atom. The highest BCUT2D eigenvalue weighted by molar-refractivity contribution is 5.93. The Morgan fingerprint density at radius 3 is 2.24 bits per heavy atom. The van der Waals surface area contributed by atoms with E-state index in [4.69, 9.17) is 4.74 Å². The number of imide groups is 1. The summed E-state index contributed by atoms with van der Waals surface area (Å²) in [5.41, 5.74) is -0.553. The Bertz CT molecular complexity index is 290. The summed E-state index contributed by atoms with van der Waals surface area (Å²) in [6.07, 6.45) is 3.16. The van der Waals surface area contributed by atoms with Crippen LogP contribution in [0.3, 0.4) is 0 Å². The first-order valence-electron chi connectivity index (χ1n) is 6.39. The monoisotopic (exact) mass is 241 g/mol. The highest BCUT2D eigenvalue weighted by Crippen LogP contribution is 2.28. The molecule has 0 aromatic rings. The molecule has 1 saturated carbocycles. The third kappa shape index (κ3) is 4.02. The molecule has 0 bridgehead atoms. The maximum atomic E-state index is 12.1. The zero-order valence-corrected chi connectivity index (χ0v) is 11.3. The van der Waals surface area contributed by atoms with Crippen LogP contribution < -0.4 is 0 Å². The normalized spacial score (nSPS) is 16.2. The Hall–Kier alpha value is -1.06. The molecule has 0 spiro atoms. The van der Waals surface area contributed by atoms with Crippen LogP contribution in [-0.2, 0) is 9.53 Å². The molecule has 17 heavy (non-hydrogen) atoms. The highest BCUT2D eigenvalue weighted by atomic mass is 16.6. The third-order valence-electron chi connectivity index (χ3n) is 2.78. The summed E-state index contributed by atoms with van der Waals surface area (Å²) in [6, 6.07) is 0. The third-order valence-corrected chi connectivity index (χ3v) is 2.78. The van der Waals surface area contributed by atoms with E-state index in [1.54, 1.807) is 0 Å². The van der Waals surface area contributed by atoms with Crippen LogP contribution >= 0.6 is 0 Å². The van der Waals surface area contributed by atoms with Gasteiger partial charge in [-0.05, 0) is 40.0 Å². The van der Waals surface area contributed by atoms with Crippen molar-refractivity contribution >= 4 is 12.0 Å². The van der Waals surface area contributed by atoms with Gasteiger partial charge in [0.1, 0.15) is 5.60 Å². The average molecular weight is 241 g/mol. The smallest absolute Gasteiger partial charge is 0.417 e. The minimum Gasteiger partial charge on any atom is -0.443 e. The number of ether oxygens (including phenoxy) is 1. The van der Waals surface area contributed by atoms with Gasteiger partial charge < -0.3 is 4.74 Å². The average Bonchev–Trinajstić information content (AvgIpc) is 2.07. The molecular weight excluding hydrogens is 218 g/mol. The van der Waals surface area contributed by atoms with E-state index in [1.165, 1.54) is 4.90 Å². The van der Waals surface area contributed by atoms with E-state index < -0.39 is 11.7 Å². The SMILES string of the molecule is CCCN(C(=O)OC(C)(C)C)C(=O)C1CCC1. The number of carbonyl (C=O) groups is 2. The van der Waals surface area contributed by atoms with Gasteiger partial charge in [0.2, 0.25) is 5.91 Å². The van der Waals surface area contributed by atoms with E-state index >= 15 is 0 Å².